The molecule has 0 fully saturated rings. The van der Waals surface area contributed by atoms with Gasteiger partial charge in [-0.2, -0.15) is 4.68 Å². The molecule has 2 aromatic rings. The highest BCUT2D eigenvalue weighted by molar-refractivity contribution is 5.39. The highest BCUT2D eigenvalue weighted by atomic mass is 16.3. The van der Waals surface area contributed by atoms with E-state index in [4.69, 9.17) is 0 Å². The third-order valence-corrected chi connectivity index (χ3v) is 3.24. The molecule has 0 aliphatic heterocycles. The molecule has 0 aliphatic carbocycles. The van der Waals surface area contributed by atoms with Crippen LogP contribution < -0.4 is 5.32 Å². The van der Waals surface area contributed by atoms with Gasteiger partial charge in [0, 0.05) is 12.6 Å². The summed E-state index contributed by atoms with van der Waals surface area (Å²) < 4.78 is 1.66. The molecular formula is C14H21N5O. The lowest BCUT2D eigenvalue weighted by Gasteiger charge is -2.31. The first-order valence-corrected chi connectivity index (χ1v) is 6.73. The zero-order valence-corrected chi connectivity index (χ0v) is 12.1. The van der Waals surface area contributed by atoms with Crippen molar-refractivity contribution >= 4 is 5.95 Å². The van der Waals surface area contributed by atoms with Crippen molar-refractivity contribution in [3.05, 3.63) is 30.3 Å². The number of aromatic nitrogens is 4. The molecule has 0 spiro atoms. The Morgan fingerprint density at radius 2 is 1.95 bits per heavy atom. The molecule has 6 nitrogen and oxygen atoms in total. The van der Waals surface area contributed by atoms with Crippen LogP contribution in [0.1, 0.15) is 27.2 Å². The first-order valence-electron chi connectivity index (χ1n) is 6.73. The van der Waals surface area contributed by atoms with Crippen LogP contribution in [0.3, 0.4) is 0 Å². The van der Waals surface area contributed by atoms with Gasteiger partial charge in [0.05, 0.1) is 5.69 Å². The summed E-state index contributed by atoms with van der Waals surface area (Å²) in [5.41, 5.74) is 0.896. The van der Waals surface area contributed by atoms with Gasteiger partial charge in [-0.1, -0.05) is 44.1 Å². The van der Waals surface area contributed by atoms with E-state index in [1.807, 2.05) is 30.3 Å². The van der Waals surface area contributed by atoms with Crippen molar-refractivity contribution in [1.29, 1.82) is 0 Å². The molecule has 1 atom stereocenters. The van der Waals surface area contributed by atoms with Gasteiger partial charge in [-0.05, 0) is 34.4 Å². The minimum atomic E-state index is -0.00377. The molecule has 20 heavy (non-hydrogen) atoms. The highest BCUT2D eigenvalue weighted by Gasteiger charge is 2.25. The maximum Gasteiger partial charge on any atom is 0.247 e. The number of aliphatic hydroxyl groups is 1. The lowest BCUT2D eigenvalue weighted by Crippen LogP contribution is -2.35. The molecule has 1 aromatic carbocycles. The van der Waals surface area contributed by atoms with Crippen LogP contribution in [0.5, 0.6) is 0 Å². The van der Waals surface area contributed by atoms with Gasteiger partial charge in [0.15, 0.2) is 0 Å². The first kappa shape index (κ1) is 14.5. The number of hydrogen-bond acceptors (Lipinski definition) is 5. The molecule has 108 valence electrons. The Labute approximate surface area is 118 Å². The van der Waals surface area contributed by atoms with Crippen LogP contribution in [0.15, 0.2) is 30.3 Å². The zero-order valence-electron chi connectivity index (χ0n) is 12.1. The van der Waals surface area contributed by atoms with Crippen molar-refractivity contribution in [2.24, 2.45) is 5.41 Å². The average molecular weight is 275 g/mol. The van der Waals surface area contributed by atoms with E-state index in [-0.39, 0.29) is 18.1 Å². The first-order chi connectivity index (χ1) is 9.52. The number of tetrazole rings is 1. The van der Waals surface area contributed by atoms with Gasteiger partial charge in [-0.15, -0.1) is 0 Å². The lowest BCUT2D eigenvalue weighted by molar-refractivity contribution is 0.234. The monoisotopic (exact) mass is 275 g/mol. The summed E-state index contributed by atoms with van der Waals surface area (Å²) in [5, 5.41) is 24.3. The standard InChI is InChI=1S/C14H21N5O/c1-14(2,3)12(9-10-20)15-13-16-17-18-19(13)11-7-5-4-6-8-11/h4-8,12,20H,9-10H2,1-3H3,(H,15,16,18). The van der Waals surface area contributed by atoms with Crippen LogP contribution in [0, 0.1) is 5.41 Å². The Bertz CT molecular complexity index is 532. The minimum absolute atomic E-state index is 0.00377. The van der Waals surface area contributed by atoms with Crippen LogP contribution in [0.2, 0.25) is 0 Å². The van der Waals surface area contributed by atoms with Crippen molar-refractivity contribution in [2.75, 3.05) is 11.9 Å². The largest absolute Gasteiger partial charge is 0.396 e. The van der Waals surface area contributed by atoms with Gasteiger partial charge in [0.1, 0.15) is 0 Å². The van der Waals surface area contributed by atoms with Gasteiger partial charge in [0.25, 0.3) is 0 Å². The highest BCUT2D eigenvalue weighted by Crippen LogP contribution is 2.25. The Balaban J connectivity index is 2.24. The molecule has 6 heteroatoms. The van der Waals surface area contributed by atoms with Crippen LogP contribution in [-0.4, -0.2) is 38.0 Å². The van der Waals surface area contributed by atoms with E-state index in [0.29, 0.717) is 12.4 Å². The molecule has 0 aliphatic rings. The van der Waals surface area contributed by atoms with Crippen LogP contribution >= 0.6 is 0 Å². The second-order valence-electron chi connectivity index (χ2n) is 5.83. The van der Waals surface area contributed by atoms with Crippen LogP contribution in [0.25, 0.3) is 5.69 Å². The molecule has 0 radical (unpaired) electrons. The molecule has 0 saturated carbocycles. The number of hydrogen-bond donors (Lipinski definition) is 2. The molecule has 1 unspecified atom stereocenters. The van der Waals surface area contributed by atoms with E-state index in [2.05, 4.69) is 41.6 Å². The fourth-order valence-corrected chi connectivity index (χ4v) is 2.03. The fraction of sp³-hybridized carbons (Fsp3) is 0.500. The molecule has 0 amide bonds. The topological polar surface area (TPSA) is 75.9 Å². The predicted octanol–water partition coefficient (Wildman–Crippen LogP) is 1.87. The van der Waals surface area contributed by atoms with E-state index in [1.165, 1.54) is 0 Å². The third kappa shape index (κ3) is 3.33. The number of rotatable bonds is 5. The quantitative estimate of drug-likeness (QED) is 0.871. The number of aliphatic hydroxyl groups excluding tert-OH is 1. The maximum absolute atomic E-state index is 9.22. The molecule has 0 bridgehead atoms. The van der Waals surface area contributed by atoms with Crippen molar-refractivity contribution in [1.82, 2.24) is 20.2 Å². The van der Waals surface area contributed by atoms with E-state index < -0.39 is 0 Å². The fourth-order valence-electron chi connectivity index (χ4n) is 2.03. The predicted molar refractivity (Wildman–Crippen MR) is 77.7 cm³/mol. The average Bonchev–Trinajstić information content (AvgIpc) is 2.86. The normalized spacial score (nSPS) is 13.2. The summed E-state index contributed by atoms with van der Waals surface area (Å²) >= 11 is 0. The maximum atomic E-state index is 9.22. The summed E-state index contributed by atoms with van der Waals surface area (Å²) in [4.78, 5) is 0. The lowest BCUT2D eigenvalue weighted by atomic mass is 9.85. The second-order valence-corrected chi connectivity index (χ2v) is 5.83. The minimum Gasteiger partial charge on any atom is -0.396 e. The number of para-hydroxylation sites is 1. The van der Waals surface area contributed by atoms with E-state index in [0.717, 1.165) is 5.69 Å². The Morgan fingerprint density at radius 1 is 1.25 bits per heavy atom. The van der Waals surface area contributed by atoms with Crippen molar-refractivity contribution in [3.63, 3.8) is 0 Å². The molecule has 0 saturated heterocycles. The van der Waals surface area contributed by atoms with E-state index >= 15 is 0 Å². The smallest absolute Gasteiger partial charge is 0.247 e. The van der Waals surface area contributed by atoms with E-state index in [1.54, 1.807) is 4.68 Å². The molecule has 2 rings (SSSR count). The Kier molecular flexibility index (Phi) is 4.34. The van der Waals surface area contributed by atoms with Gasteiger partial charge >= 0.3 is 0 Å². The summed E-state index contributed by atoms with van der Waals surface area (Å²) in [6.45, 7) is 6.49. The van der Waals surface area contributed by atoms with Crippen molar-refractivity contribution < 1.29 is 5.11 Å². The van der Waals surface area contributed by atoms with Gasteiger partial charge in [-0.3, -0.25) is 0 Å². The number of anilines is 1. The number of nitrogens with one attached hydrogen (secondary N) is 1. The zero-order chi connectivity index (χ0) is 14.6. The Morgan fingerprint density at radius 3 is 2.55 bits per heavy atom. The number of nitrogens with zero attached hydrogens (tertiary/aromatic N) is 4. The molecule has 1 heterocycles. The van der Waals surface area contributed by atoms with E-state index in [9.17, 15) is 5.11 Å². The second kappa shape index (κ2) is 6.00. The Hall–Kier alpha value is -1.95. The summed E-state index contributed by atoms with van der Waals surface area (Å²) in [7, 11) is 0. The van der Waals surface area contributed by atoms with Crippen LogP contribution in [0.4, 0.5) is 5.95 Å². The third-order valence-electron chi connectivity index (χ3n) is 3.24. The number of benzene rings is 1. The van der Waals surface area contributed by atoms with Crippen LogP contribution in [-0.2, 0) is 0 Å². The summed E-state index contributed by atoms with van der Waals surface area (Å²) in [6.07, 6.45) is 0.644. The van der Waals surface area contributed by atoms with Gasteiger partial charge < -0.3 is 10.4 Å². The summed E-state index contributed by atoms with van der Waals surface area (Å²) in [6, 6.07) is 9.80. The summed E-state index contributed by atoms with van der Waals surface area (Å²) in [5.74, 6) is 0.588. The SMILES string of the molecule is CC(C)(C)C(CCO)Nc1nnnn1-c1ccccc1. The van der Waals surface area contributed by atoms with Gasteiger partial charge in [-0.25, -0.2) is 0 Å². The van der Waals surface area contributed by atoms with Crippen molar-refractivity contribution in [2.45, 2.75) is 33.2 Å². The van der Waals surface area contributed by atoms with Crippen molar-refractivity contribution in [3.8, 4) is 5.69 Å². The molecule has 2 N–H and O–H groups in total. The molecule has 1 aromatic heterocycles. The molecular weight excluding hydrogens is 254 g/mol. The van der Waals surface area contributed by atoms with Gasteiger partial charge in [0.2, 0.25) is 5.95 Å².